The van der Waals surface area contributed by atoms with Crippen LogP contribution in [0.15, 0.2) is 10.9 Å². The van der Waals surface area contributed by atoms with Crippen LogP contribution in [-0.2, 0) is 6.42 Å². The minimum absolute atomic E-state index is 0.178. The van der Waals surface area contributed by atoms with E-state index in [1.807, 2.05) is 6.92 Å². The molecule has 0 aliphatic heterocycles. The van der Waals surface area contributed by atoms with E-state index in [0.29, 0.717) is 12.2 Å². The highest BCUT2D eigenvalue weighted by atomic mass is 16.5. The van der Waals surface area contributed by atoms with Crippen LogP contribution in [0.25, 0.3) is 5.78 Å². The number of hydrogen-bond acceptors (Lipinski definition) is 4. The van der Waals surface area contributed by atoms with Gasteiger partial charge >= 0.3 is 6.01 Å². The predicted octanol–water partition coefficient (Wildman–Crippen LogP) is -0.0114. The summed E-state index contributed by atoms with van der Waals surface area (Å²) in [5.74, 6) is 0.339. The second kappa shape index (κ2) is 3.13. The summed E-state index contributed by atoms with van der Waals surface area (Å²) in [6.45, 7) is 1.93. The molecule has 0 fully saturated rings. The number of aryl methyl sites for hydroxylation is 1. The van der Waals surface area contributed by atoms with Crippen molar-refractivity contribution in [2.45, 2.75) is 13.3 Å². The Hall–Kier alpha value is -1.85. The van der Waals surface area contributed by atoms with Gasteiger partial charge in [-0.25, -0.2) is 10.1 Å². The van der Waals surface area contributed by atoms with Gasteiger partial charge in [0.1, 0.15) is 0 Å². The summed E-state index contributed by atoms with van der Waals surface area (Å²) in [5, 5.41) is 2.67. The lowest BCUT2D eigenvalue weighted by Gasteiger charge is -1.93. The Balaban J connectivity index is 2.73. The predicted molar refractivity (Wildman–Crippen MR) is 49.5 cm³/mol. The Morgan fingerprint density at radius 2 is 2.36 bits per heavy atom. The van der Waals surface area contributed by atoms with E-state index in [1.54, 1.807) is 0 Å². The van der Waals surface area contributed by atoms with Crippen molar-refractivity contribution in [1.82, 2.24) is 19.6 Å². The quantitative estimate of drug-likeness (QED) is 0.729. The van der Waals surface area contributed by atoms with Crippen molar-refractivity contribution in [3.63, 3.8) is 0 Å². The molecule has 1 N–H and O–H groups in total. The average molecular weight is 194 g/mol. The lowest BCUT2D eigenvalue weighted by molar-refractivity contribution is 0.380. The largest absolute Gasteiger partial charge is 0.467 e. The number of ether oxygens (including phenoxy) is 1. The summed E-state index contributed by atoms with van der Waals surface area (Å²) in [6, 6.07) is 1.76. The number of rotatable bonds is 2. The Kier molecular flexibility index (Phi) is 1.95. The normalized spacial score (nSPS) is 10.7. The van der Waals surface area contributed by atoms with Crippen molar-refractivity contribution in [2.75, 3.05) is 7.11 Å². The van der Waals surface area contributed by atoms with E-state index >= 15 is 0 Å². The van der Waals surface area contributed by atoms with Crippen LogP contribution in [0.1, 0.15) is 12.6 Å². The van der Waals surface area contributed by atoms with Gasteiger partial charge < -0.3 is 4.74 Å². The Bertz CT molecular complexity index is 514. The molecule has 0 bridgehead atoms. The van der Waals surface area contributed by atoms with Crippen molar-refractivity contribution in [3.05, 3.63) is 22.1 Å². The summed E-state index contributed by atoms with van der Waals surface area (Å²) in [6.07, 6.45) is 0.709. The first kappa shape index (κ1) is 8.74. The maximum absolute atomic E-state index is 11.5. The highest BCUT2D eigenvalue weighted by Crippen LogP contribution is 2.02. The Morgan fingerprint density at radius 3 is 3.00 bits per heavy atom. The molecule has 2 aromatic rings. The molecule has 0 aliphatic rings. The van der Waals surface area contributed by atoms with Gasteiger partial charge in [-0.05, 0) is 6.42 Å². The molecule has 2 rings (SSSR count). The molecule has 0 saturated carbocycles. The first-order valence-corrected chi connectivity index (χ1v) is 4.27. The minimum Gasteiger partial charge on any atom is -0.467 e. The van der Waals surface area contributed by atoms with Gasteiger partial charge in [0.15, 0.2) is 0 Å². The molecule has 0 atom stereocenters. The Morgan fingerprint density at radius 1 is 1.57 bits per heavy atom. The monoisotopic (exact) mass is 194 g/mol. The lowest BCUT2D eigenvalue weighted by Crippen LogP contribution is -2.15. The number of aromatic nitrogens is 4. The maximum atomic E-state index is 11.5. The van der Waals surface area contributed by atoms with Gasteiger partial charge in [-0.3, -0.25) is 4.79 Å². The molecule has 2 aromatic heterocycles. The van der Waals surface area contributed by atoms with Gasteiger partial charge in [0, 0.05) is 11.8 Å². The molecule has 14 heavy (non-hydrogen) atoms. The highest BCUT2D eigenvalue weighted by molar-refractivity contribution is 5.29. The number of hydrogen-bond donors (Lipinski definition) is 1. The molecular weight excluding hydrogens is 184 g/mol. The van der Waals surface area contributed by atoms with Crippen LogP contribution < -0.4 is 10.3 Å². The number of H-pyrrole nitrogens is 1. The van der Waals surface area contributed by atoms with Gasteiger partial charge in [0.05, 0.1) is 7.11 Å². The molecule has 0 unspecified atom stereocenters. The van der Waals surface area contributed by atoms with Gasteiger partial charge in [0.2, 0.25) is 0 Å². The molecule has 0 spiro atoms. The molecule has 6 nitrogen and oxygen atoms in total. The van der Waals surface area contributed by atoms with Crippen LogP contribution in [0.5, 0.6) is 6.01 Å². The summed E-state index contributed by atoms with van der Waals surface area (Å²) < 4.78 is 6.11. The van der Waals surface area contributed by atoms with E-state index in [4.69, 9.17) is 4.74 Å². The van der Waals surface area contributed by atoms with Crippen LogP contribution in [0.4, 0.5) is 0 Å². The zero-order valence-corrected chi connectivity index (χ0v) is 7.94. The van der Waals surface area contributed by atoms with Crippen molar-refractivity contribution in [3.8, 4) is 6.01 Å². The number of fused-ring (bicyclic) bond motifs is 1. The summed E-state index contributed by atoms with van der Waals surface area (Å²) in [4.78, 5) is 19.6. The number of methoxy groups -OCH3 is 1. The van der Waals surface area contributed by atoms with E-state index in [2.05, 4.69) is 15.1 Å². The van der Waals surface area contributed by atoms with Gasteiger partial charge in [0.25, 0.3) is 11.3 Å². The first-order valence-electron chi connectivity index (χ1n) is 4.27. The third kappa shape index (κ3) is 1.24. The van der Waals surface area contributed by atoms with E-state index in [0.717, 1.165) is 5.69 Å². The standard InChI is InChI=1S/C8H10N4O2/c1-3-5-4-6(13)12-7(9-5)10-8(11-12)14-2/h4H,3H2,1-2H3,(H,9,10,11). The number of aromatic amines is 1. The van der Waals surface area contributed by atoms with E-state index < -0.39 is 0 Å². The zero-order valence-electron chi connectivity index (χ0n) is 7.94. The second-order valence-corrected chi connectivity index (χ2v) is 2.81. The molecule has 2 heterocycles. The highest BCUT2D eigenvalue weighted by Gasteiger charge is 2.06. The zero-order chi connectivity index (χ0) is 10.1. The van der Waals surface area contributed by atoms with Crippen molar-refractivity contribution in [2.24, 2.45) is 0 Å². The molecule has 0 amide bonds. The van der Waals surface area contributed by atoms with Crippen molar-refractivity contribution < 1.29 is 4.74 Å². The topological polar surface area (TPSA) is 72.3 Å². The van der Waals surface area contributed by atoms with Gasteiger partial charge in [-0.2, -0.15) is 9.50 Å². The van der Waals surface area contributed by atoms with E-state index in [-0.39, 0.29) is 11.6 Å². The molecule has 74 valence electrons. The molecule has 6 heteroatoms. The third-order valence-electron chi connectivity index (χ3n) is 1.92. The third-order valence-corrected chi connectivity index (χ3v) is 1.92. The molecule has 0 radical (unpaired) electrons. The van der Waals surface area contributed by atoms with Crippen molar-refractivity contribution >= 4 is 5.78 Å². The van der Waals surface area contributed by atoms with Gasteiger partial charge in [-0.1, -0.05) is 6.92 Å². The van der Waals surface area contributed by atoms with Gasteiger partial charge in [-0.15, -0.1) is 0 Å². The maximum Gasteiger partial charge on any atom is 0.312 e. The van der Waals surface area contributed by atoms with Crippen LogP contribution in [0.3, 0.4) is 0 Å². The fourth-order valence-corrected chi connectivity index (χ4v) is 1.18. The first-order chi connectivity index (χ1) is 6.74. The lowest BCUT2D eigenvalue weighted by atomic mass is 10.3. The van der Waals surface area contributed by atoms with Crippen LogP contribution in [0.2, 0.25) is 0 Å². The van der Waals surface area contributed by atoms with Crippen LogP contribution in [-0.4, -0.2) is 26.7 Å². The summed E-state index contributed by atoms with van der Waals surface area (Å²) in [5.41, 5.74) is 0.548. The van der Waals surface area contributed by atoms with E-state index in [1.165, 1.54) is 17.7 Å². The second-order valence-electron chi connectivity index (χ2n) is 2.81. The fourth-order valence-electron chi connectivity index (χ4n) is 1.18. The summed E-state index contributed by atoms with van der Waals surface area (Å²) >= 11 is 0. The number of nitrogens with zero attached hydrogens (tertiary/aromatic N) is 3. The minimum atomic E-state index is -0.178. The van der Waals surface area contributed by atoms with E-state index in [9.17, 15) is 4.79 Å². The van der Waals surface area contributed by atoms with Crippen LogP contribution in [0, 0.1) is 0 Å². The average Bonchev–Trinajstić information content (AvgIpc) is 2.61. The number of nitrogens with one attached hydrogen (secondary N) is 1. The van der Waals surface area contributed by atoms with Crippen molar-refractivity contribution in [1.29, 1.82) is 0 Å². The molecule has 0 saturated heterocycles. The molecule has 0 aromatic carbocycles. The summed E-state index contributed by atoms with van der Waals surface area (Å²) in [7, 11) is 1.48. The van der Waals surface area contributed by atoms with Crippen LogP contribution >= 0.6 is 0 Å². The molecular formula is C8H10N4O2. The smallest absolute Gasteiger partial charge is 0.312 e. The SMILES string of the molecule is CCc1cc(=O)n2[nH]c(OC)nc2n1. The fraction of sp³-hybridized carbons (Fsp3) is 0.375. The molecule has 0 aliphatic carbocycles. The Labute approximate surface area is 79.5 Å².